The van der Waals surface area contributed by atoms with Crippen LogP contribution in [0.5, 0.6) is 0 Å². The van der Waals surface area contributed by atoms with Gasteiger partial charge in [-0.1, -0.05) is 0 Å². The Balaban J connectivity index is 1.76. The van der Waals surface area contributed by atoms with E-state index >= 15 is 0 Å². The molecule has 5 nitrogen and oxygen atoms in total. The molecule has 1 aliphatic heterocycles. The lowest BCUT2D eigenvalue weighted by atomic mass is 10.1. The van der Waals surface area contributed by atoms with Gasteiger partial charge in [0.2, 0.25) is 0 Å². The van der Waals surface area contributed by atoms with Crippen LogP contribution in [-0.2, 0) is 23.0 Å². The summed E-state index contributed by atoms with van der Waals surface area (Å²) in [5, 5.41) is 7.51. The predicted molar refractivity (Wildman–Crippen MR) is 68.5 cm³/mol. The minimum atomic E-state index is 0.122. The van der Waals surface area contributed by atoms with Crippen LogP contribution in [0.1, 0.15) is 24.2 Å². The highest BCUT2D eigenvalue weighted by molar-refractivity contribution is 5.81. The Hall–Kier alpha value is -1.20. The molecule has 2 heterocycles. The fourth-order valence-corrected chi connectivity index (χ4v) is 2.26. The maximum atomic E-state index is 11.8. The van der Waals surface area contributed by atoms with E-state index in [0.29, 0.717) is 6.42 Å². The zero-order valence-corrected chi connectivity index (χ0v) is 11.1. The number of hydrogen-bond acceptors (Lipinski definition) is 4. The van der Waals surface area contributed by atoms with E-state index in [9.17, 15) is 4.79 Å². The Morgan fingerprint density at radius 1 is 1.56 bits per heavy atom. The van der Waals surface area contributed by atoms with Gasteiger partial charge in [-0.15, -0.1) is 0 Å². The zero-order valence-electron chi connectivity index (χ0n) is 11.1. The molecule has 2 rings (SSSR count). The summed E-state index contributed by atoms with van der Waals surface area (Å²) in [5.74, 6) is 0.122. The van der Waals surface area contributed by atoms with Gasteiger partial charge in [0.05, 0.1) is 18.2 Å². The molecule has 1 aliphatic rings. The number of aromatic nitrogens is 2. The van der Waals surface area contributed by atoms with Crippen LogP contribution in [0.15, 0.2) is 6.07 Å². The summed E-state index contributed by atoms with van der Waals surface area (Å²) in [6, 6.07) is 1.95. The third-order valence-corrected chi connectivity index (χ3v) is 3.24. The lowest BCUT2D eigenvalue weighted by Gasteiger charge is -2.22. The number of nitrogens with one attached hydrogen (secondary N) is 1. The van der Waals surface area contributed by atoms with Crippen molar-refractivity contribution in [2.24, 2.45) is 7.05 Å². The Labute approximate surface area is 108 Å². The number of ether oxygens (including phenoxy) is 1. The molecule has 0 radical (unpaired) electrons. The van der Waals surface area contributed by atoms with E-state index in [-0.39, 0.29) is 18.5 Å². The van der Waals surface area contributed by atoms with Crippen LogP contribution in [0.25, 0.3) is 0 Å². The summed E-state index contributed by atoms with van der Waals surface area (Å²) in [4.78, 5) is 11.8. The highest BCUT2D eigenvalue weighted by Crippen LogP contribution is 2.08. The van der Waals surface area contributed by atoms with Crippen molar-refractivity contribution in [3.63, 3.8) is 0 Å². The minimum Gasteiger partial charge on any atom is -0.370 e. The number of aryl methyl sites for hydroxylation is 2. The van der Waals surface area contributed by atoms with Crippen molar-refractivity contribution in [2.75, 3.05) is 19.7 Å². The second kappa shape index (κ2) is 6.11. The van der Waals surface area contributed by atoms with Gasteiger partial charge in [0.15, 0.2) is 5.78 Å². The predicted octanol–water partition coefficient (Wildman–Crippen LogP) is 0.609. The summed E-state index contributed by atoms with van der Waals surface area (Å²) in [6.07, 6.45) is 2.64. The molecule has 1 N–H and O–H groups in total. The molecular weight excluding hydrogens is 230 g/mol. The summed E-state index contributed by atoms with van der Waals surface area (Å²) >= 11 is 0. The molecular formula is C13H21N3O2. The smallest absolute Gasteiger partial charge is 0.164 e. The molecule has 0 unspecified atom stereocenters. The molecule has 100 valence electrons. The zero-order chi connectivity index (χ0) is 13.0. The second-order valence-electron chi connectivity index (χ2n) is 4.88. The van der Waals surface area contributed by atoms with Crippen LogP contribution in [0, 0.1) is 6.92 Å². The molecule has 0 aliphatic carbocycles. The SMILES string of the molecule is Cc1cc(CC(=O)COC2CCNCC2)n(C)n1. The quantitative estimate of drug-likeness (QED) is 0.833. The fourth-order valence-electron chi connectivity index (χ4n) is 2.26. The number of ketones is 1. The van der Waals surface area contributed by atoms with Crippen LogP contribution >= 0.6 is 0 Å². The molecule has 1 fully saturated rings. The summed E-state index contributed by atoms with van der Waals surface area (Å²) < 4.78 is 7.41. The Bertz CT molecular complexity index is 408. The number of carbonyl (C=O) groups is 1. The van der Waals surface area contributed by atoms with Crippen LogP contribution in [0.2, 0.25) is 0 Å². The Morgan fingerprint density at radius 2 is 2.28 bits per heavy atom. The van der Waals surface area contributed by atoms with Crippen molar-refractivity contribution >= 4 is 5.78 Å². The average molecular weight is 251 g/mol. The van der Waals surface area contributed by atoms with Crippen LogP contribution in [0.3, 0.4) is 0 Å². The topological polar surface area (TPSA) is 56.1 Å². The van der Waals surface area contributed by atoms with Crippen LogP contribution < -0.4 is 5.32 Å². The molecule has 0 saturated carbocycles. The lowest BCUT2D eigenvalue weighted by Crippen LogP contribution is -2.33. The van der Waals surface area contributed by atoms with E-state index in [1.807, 2.05) is 20.0 Å². The molecule has 0 bridgehead atoms. The van der Waals surface area contributed by atoms with Crippen molar-refractivity contribution in [3.8, 4) is 0 Å². The third kappa shape index (κ3) is 3.65. The fraction of sp³-hybridized carbons (Fsp3) is 0.692. The monoisotopic (exact) mass is 251 g/mol. The Morgan fingerprint density at radius 3 is 2.89 bits per heavy atom. The van der Waals surface area contributed by atoms with Gasteiger partial charge < -0.3 is 10.1 Å². The van der Waals surface area contributed by atoms with Crippen molar-refractivity contribution < 1.29 is 9.53 Å². The highest BCUT2D eigenvalue weighted by Gasteiger charge is 2.15. The average Bonchev–Trinajstić information content (AvgIpc) is 2.67. The van der Waals surface area contributed by atoms with Gasteiger partial charge in [0.25, 0.3) is 0 Å². The normalized spacial score (nSPS) is 17.0. The lowest BCUT2D eigenvalue weighted by molar-refractivity contribution is -0.125. The molecule has 18 heavy (non-hydrogen) atoms. The summed E-state index contributed by atoms with van der Waals surface area (Å²) in [7, 11) is 1.86. The molecule has 0 aromatic carbocycles. The van der Waals surface area contributed by atoms with E-state index in [1.54, 1.807) is 4.68 Å². The molecule has 1 aromatic rings. The number of piperidine rings is 1. The number of hydrogen-bond donors (Lipinski definition) is 1. The molecule has 1 saturated heterocycles. The first kappa shape index (κ1) is 13.2. The molecule has 0 spiro atoms. The maximum absolute atomic E-state index is 11.8. The van der Waals surface area contributed by atoms with Crippen LogP contribution in [-0.4, -0.2) is 41.4 Å². The number of nitrogens with zero attached hydrogens (tertiary/aromatic N) is 2. The summed E-state index contributed by atoms with van der Waals surface area (Å²) in [5.41, 5.74) is 1.89. The maximum Gasteiger partial charge on any atom is 0.164 e. The van der Waals surface area contributed by atoms with E-state index in [0.717, 1.165) is 37.3 Å². The van der Waals surface area contributed by atoms with E-state index in [2.05, 4.69) is 10.4 Å². The van der Waals surface area contributed by atoms with Crippen LogP contribution in [0.4, 0.5) is 0 Å². The van der Waals surface area contributed by atoms with Gasteiger partial charge in [-0.3, -0.25) is 9.48 Å². The van der Waals surface area contributed by atoms with Crippen molar-refractivity contribution in [3.05, 3.63) is 17.5 Å². The van der Waals surface area contributed by atoms with E-state index in [4.69, 9.17) is 4.74 Å². The first-order valence-corrected chi connectivity index (χ1v) is 6.48. The number of rotatable bonds is 5. The van der Waals surface area contributed by atoms with E-state index < -0.39 is 0 Å². The largest absolute Gasteiger partial charge is 0.370 e. The molecule has 5 heteroatoms. The van der Waals surface area contributed by atoms with Crippen molar-refractivity contribution in [1.29, 1.82) is 0 Å². The van der Waals surface area contributed by atoms with Gasteiger partial charge in [-0.05, 0) is 38.9 Å². The standard InChI is InChI=1S/C13H21N3O2/c1-10-7-11(16(2)15-10)8-12(17)9-18-13-3-5-14-6-4-13/h7,13-14H,3-6,8-9H2,1-2H3. The van der Waals surface area contributed by atoms with Gasteiger partial charge >= 0.3 is 0 Å². The number of Topliss-reactive ketones (excluding diaryl/α,β-unsaturated/α-hetero) is 1. The first-order valence-electron chi connectivity index (χ1n) is 6.48. The molecule has 1 aromatic heterocycles. The van der Waals surface area contributed by atoms with E-state index in [1.165, 1.54) is 0 Å². The minimum absolute atomic E-state index is 0.122. The second-order valence-corrected chi connectivity index (χ2v) is 4.88. The number of carbonyl (C=O) groups excluding carboxylic acids is 1. The van der Waals surface area contributed by atoms with Crippen molar-refractivity contribution in [2.45, 2.75) is 32.3 Å². The third-order valence-electron chi connectivity index (χ3n) is 3.24. The van der Waals surface area contributed by atoms with Gasteiger partial charge in [0.1, 0.15) is 6.61 Å². The molecule has 0 amide bonds. The summed E-state index contributed by atoms with van der Waals surface area (Å²) in [6.45, 7) is 4.12. The Kier molecular flexibility index (Phi) is 4.49. The van der Waals surface area contributed by atoms with Gasteiger partial charge in [-0.25, -0.2) is 0 Å². The first-order chi connectivity index (χ1) is 8.65. The van der Waals surface area contributed by atoms with Gasteiger partial charge in [-0.2, -0.15) is 5.10 Å². The molecule has 0 atom stereocenters. The van der Waals surface area contributed by atoms with Crippen molar-refractivity contribution in [1.82, 2.24) is 15.1 Å². The van der Waals surface area contributed by atoms with Gasteiger partial charge in [0, 0.05) is 12.7 Å². The highest BCUT2D eigenvalue weighted by atomic mass is 16.5.